The monoisotopic (exact) mass is 834 g/mol. The van der Waals surface area contributed by atoms with E-state index in [-0.39, 0.29) is 116 Å². The van der Waals surface area contributed by atoms with Crippen LogP contribution in [0.15, 0.2) is 146 Å². The first-order valence-electron chi connectivity index (χ1n) is 19.2. The van der Waals surface area contributed by atoms with E-state index in [4.69, 9.17) is 37.9 Å². The number of rotatable bonds is 22. The third-order valence-corrected chi connectivity index (χ3v) is 9.09. The standard InChI is InChI=1S/C48H44O11.K/c49-21-22-52-44-29-34-11-1-2-12-35(34)30-45(44)57-27-25-55-42-19-9-7-17-40(42)53-23-24-54-41-18-8-10-20-43(41)56-26-28-58-46-31-36-13-3-4-14-37(36)32-47(46)59-33-38-15-5-6-16-39(38)48(50)51;/h1-20,29-32,49H,21-28,33H2,(H,50,51);/q;+1/p-1. The van der Waals surface area contributed by atoms with Gasteiger partial charge >= 0.3 is 51.4 Å². The molecule has 0 saturated carbocycles. The summed E-state index contributed by atoms with van der Waals surface area (Å²) in [5, 5.41) is 24.8. The number of benzene rings is 7. The van der Waals surface area contributed by atoms with Crippen molar-refractivity contribution in [3.8, 4) is 46.0 Å². The van der Waals surface area contributed by atoms with Crippen molar-refractivity contribution in [2.75, 3.05) is 52.9 Å². The molecule has 1 N–H and O–H groups in total. The Morgan fingerprint density at radius 2 is 0.700 bits per heavy atom. The van der Waals surface area contributed by atoms with E-state index < -0.39 is 5.97 Å². The van der Waals surface area contributed by atoms with Gasteiger partial charge in [-0.2, -0.15) is 0 Å². The number of carbonyl (C=O) groups excluding carboxylic acids is 1. The predicted octanol–water partition coefficient (Wildman–Crippen LogP) is 4.68. The number of para-hydroxylation sites is 4. The van der Waals surface area contributed by atoms with Crippen LogP contribution in [0.2, 0.25) is 0 Å². The molecule has 0 atom stereocenters. The van der Waals surface area contributed by atoms with Crippen LogP contribution in [-0.2, 0) is 6.61 Å². The molecule has 7 rings (SSSR count). The zero-order valence-corrected chi connectivity index (χ0v) is 36.4. The van der Waals surface area contributed by atoms with Gasteiger partial charge in [-0.25, -0.2) is 0 Å². The van der Waals surface area contributed by atoms with Gasteiger partial charge in [-0.3, -0.25) is 0 Å². The summed E-state index contributed by atoms with van der Waals surface area (Å²) in [6.07, 6.45) is 0. The molecule has 0 radical (unpaired) electrons. The predicted molar refractivity (Wildman–Crippen MR) is 221 cm³/mol. The molecule has 0 amide bonds. The van der Waals surface area contributed by atoms with Crippen molar-refractivity contribution in [3.05, 3.63) is 157 Å². The maximum Gasteiger partial charge on any atom is 1.00 e. The number of fused-ring (bicyclic) bond motifs is 2. The average molecular weight is 835 g/mol. The second-order valence-electron chi connectivity index (χ2n) is 13.1. The van der Waals surface area contributed by atoms with Crippen LogP contribution in [0.5, 0.6) is 46.0 Å². The fourth-order valence-corrected chi connectivity index (χ4v) is 6.29. The van der Waals surface area contributed by atoms with Crippen LogP contribution < -0.4 is 94.4 Å². The van der Waals surface area contributed by atoms with Gasteiger partial charge in [0.1, 0.15) is 52.9 Å². The smallest absolute Gasteiger partial charge is 0.545 e. The zero-order chi connectivity index (χ0) is 40.7. The number of carbonyl (C=O) groups is 1. The number of hydrogen-bond donors (Lipinski definition) is 1. The first kappa shape index (κ1) is 44.1. The molecule has 0 unspecified atom stereocenters. The van der Waals surface area contributed by atoms with Crippen LogP contribution in [-0.4, -0.2) is 63.9 Å². The van der Waals surface area contributed by atoms with Gasteiger partial charge in [-0.15, -0.1) is 0 Å². The summed E-state index contributed by atoms with van der Waals surface area (Å²) in [5.74, 6) is 3.06. The van der Waals surface area contributed by atoms with E-state index in [1.54, 1.807) is 18.2 Å². The average Bonchev–Trinajstić information content (AvgIpc) is 3.27. The van der Waals surface area contributed by atoms with Crippen LogP contribution in [0, 0.1) is 0 Å². The second-order valence-corrected chi connectivity index (χ2v) is 13.1. The van der Waals surface area contributed by atoms with Crippen molar-refractivity contribution >= 4 is 27.5 Å². The summed E-state index contributed by atoms with van der Waals surface area (Å²) in [6, 6.07) is 44.7. The summed E-state index contributed by atoms with van der Waals surface area (Å²) >= 11 is 0. The zero-order valence-electron chi connectivity index (χ0n) is 33.3. The van der Waals surface area contributed by atoms with Gasteiger partial charge < -0.3 is 52.9 Å². The van der Waals surface area contributed by atoms with Gasteiger partial charge in [0, 0.05) is 5.56 Å². The van der Waals surface area contributed by atoms with Crippen LogP contribution in [0.3, 0.4) is 0 Å². The maximum atomic E-state index is 11.6. The Morgan fingerprint density at radius 1 is 0.400 bits per heavy atom. The first-order valence-corrected chi connectivity index (χ1v) is 19.2. The van der Waals surface area contributed by atoms with Gasteiger partial charge in [0.2, 0.25) is 0 Å². The molecule has 60 heavy (non-hydrogen) atoms. The van der Waals surface area contributed by atoms with Crippen molar-refractivity contribution in [1.82, 2.24) is 0 Å². The molecule has 12 heteroatoms. The van der Waals surface area contributed by atoms with Gasteiger partial charge in [-0.05, 0) is 75.6 Å². The van der Waals surface area contributed by atoms with Crippen molar-refractivity contribution in [2.24, 2.45) is 0 Å². The number of aliphatic hydroxyl groups excluding tert-OH is 1. The number of carboxylic acids is 1. The van der Waals surface area contributed by atoms with E-state index in [0.717, 1.165) is 21.5 Å². The maximum absolute atomic E-state index is 11.6. The van der Waals surface area contributed by atoms with Crippen molar-refractivity contribution in [1.29, 1.82) is 0 Å². The largest absolute Gasteiger partial charge is 1.00 e. The summed E-state index contributed by atoms with van der Waals surface area (Å²) in [7, 11) is 0. The normalized spacial score (nSPS) is 10.7. The van der Waals surface area contributed by atoms with Gasteiger partial charge in [-0.1, -0.05) is 97.1 Å². The van der Waals surface area contributed by atoms with Crippen molar-refractivity contribution in [3.63, 3.8) is 0 Å². The molecule has 0 spiro atoms. The molecule has 0 saturated heterocycles. The Kier molecular flexibility index (Phi) is 16.7. The topological polar surface area (TPSA) is 134 Å². The molecule has 0 heterocycles. The van der Waals surface area contributed by atoms with Crippen LogP contribution in [0.25, 0.3) is 21.5 Å². The van der Waals surface area contributed by atoms with Crippen molar-refractivity contribution in [2.45, 2.75) is 6.61 Å². The molecule has 0 aliphatic rings. The Balaban J connectivity index is 0.00000604. The molecule has 0 bridgehead atoms. The van der Waals surface area contributed by atoms with Crippen LogP contribution in [0.1, 0.15) is 15.9 Å². The van der Waals surface area contributed by atoms with Gasteiger partial charge in [0.25, 0.3) is 0 Å². The Morgan fingerprint density at radius 3 is 1.07 bits per heavy atom. The van der Waals surface area contributed by atoms with Crippen LogP contribution >= 0.6 is 0 Å². The molecule has 7 aromatic carbocycles. The summed E-state index contributed by atoms with van der Waals surface area (Å²) in [6.45, 7) is 1.49. The number of aliphatic hydroxyl groups is 1. The van der Waals surface area contributed by atoms with E-state index in [9.17, 15) is 15.0 Å². The summed E-state index contributed by atoms with van der Waals surface area (Å²) < 4.78 is 48.2. The molecule has 0 aromatic heterocycles. The number of aromatic carboxylic acids is 1. The third-order valence-electron chi connectivity index (χ3n) is 9.09. The van der Waals surface area contributed by atoms with E-state index in [2.05, 4.69) is 0 Å². The minimum Gasteiger partial charge on any atom is -0.545 e. The number of ether oxygens (including phenoxy) is 8. The number of carboxylic acid groups (broad SMARTS) is 1. The molecule has 0 aliphatic carbocycles. The van der Waals surface area contributed by atoms with E-state index >= 15 is 0 Å². The van der Waals surface area contributed by atoms with E-state index in [0.29, 0.717) is 51.6 Å². The minimum absolute atomic E-state index is 0. The first-order chi connectivity index (χ1) is 29.1. The summed E-state index contributed by atoms with van der Waals surface area (Å²) in [4.78, 5) is 11.6. The Labute approximate surface area is 390 Å². The molecular weight excluding hydrogens is 792 g/mol. The van der Waals surface area contributed by atoms with Crippen LogP contribution in [0.4, 0.5) is 0 Å². The number of hydrogen-bond acceptors (Lipinski definition) is 11. The molecule has 0 fully saturated rings. The summed E-state index contributed by atoms with van der Waals surface area (Å²) in [5.41, 5.74) is 0.571. The minimum atomic E-state index is -1.26. The van der Waals surface area contributed by atoms with Gasteiger partial charge in [0.05, 0.1) is 12.6 Å². The molecule has 0 aliphatic heterocycles. The molecule has 302 valence electrons. The van der Waals surface area contributed by atoms with E-state index in [1.807, 2.05) is 121 Å². The molecule has 7 aromatic rings. The van der Waals surface area contributed by atoms with E-state index in [1.165, 1.54) is 6.07 Å². The molecule has 11 nitrogen and oxygen atoms in total. The Bertz CT molecular complexity index is 2470. The van der Waals surface area contributed by atoms with Crippen molar-refractivity contribution < 1.29 is 104 Å². The second kappa shape index (κ2) is 22.8. The fraction of sp³-hybridized carbons (Fsp3) is 0.188. The fourth-order valence-electron chi connectivity index (χ4n) is 6.29. The quantitative estimate of drug-likeness (QED) is 0.0754. The third kappa shape index (κ3) is 12.1. The SMILES string of the molecule is O=C([O-])c1ccccc1COc1cc2ccccc2cc1OCCOc1ccccc1OCCOc1ccccc1OCCOc1cc2ccccc2cc1OCCO.[K+]. The molecular formula is C48H43KO11. The Hall–Kier alpha value is -5.47. The van der Waals surface area contributed by atoms with Gasteiger partial charge in [0.15, 0.2) is 46.0 Å².